The van der Waals surface area contributed by atoms with Crippen molar-refractivity contribution in [2.75, 3.05) is 36.5 Å². The Morgan fingerprint density at radius 2 is 2.00 bits per heavy atom. The van der Waals surface area contributed by atoms with E-state index in [0.29, 0.717) is 11.7 Å². The van der Waals surface area contributed by atoms with Gasteiger partial charge in [-0.05, 0) is 50.3 Å². The second-order valence-corrected chi connectivity index (χ2v) is 6.33. The number of benzene rings is 2. The number of hydrogen-bond donors (Lipinski definition) is 2. The molecule has 2 aromatic carbocycles. The van der Waals surface area contributed by atoms with E-state index >= 15 is 0 Å². The van der Waals surface area contributed by atoms with Gasteiger partial charge in [0.25, 0.3) is 0 Å². The number of hydrogen-bond acceptors (Lipinski definition) is 3. The van der Waals surface area contributed by atoms with Crippen LogP contribution in [-0.4, -0.2) is 31.4 Å². The lowest BCUT2D eigenvalue weighted by Crippen LogP contribution is -2.36. The third kappa shape index (κ3) is 6.41. The van der Waals surface area contributed by atoms with Crippen molar-refractivity contribution >= 4 is 28.7 Å². The second kappa shape index (κ2) is 10.5. The Labute approximate surface area is 161 Å². The van der Waals surface area contributed by atoms with Crippen molar-refractivity contribution in [2.24, 2.45) is 0 Å². The molecule has 2 aromatic rings. The van der Waals surface area contributed by atoms with E-state index in [9.17, 15) is 0 Å². The van der Waals surface area contributed by atoms with E-state index in [2.05, 4.69) is 60.2 Å². The Morgan fingerprint density at radius 1 is 1.23 bits per heavy atom. The van der Waals surface area contributed by atoms with Gasteiger partial charge in [0.2, 0.25) is 0 Å². The molecule has 0 aliphatic heterocycles. The third-order valence-corrected chi connectivity index (χ3v) is 4.15. The van der Waals surface area contributed by atoms with Crippen LogP contribution in [0.3, 0.4) is 0 Å². The summed E-state index contributed by atoms with van der Waals surface area (Å²) in [7, 11) is 0. The summed E-state index contributed by atoms with van der Waals surface area (Å²) in [5, 5.41) is 7.06. The quantitative estimate of drug-likeness (QED) is 0.507. The number of rotatable bonds is 9. The van der Waals surface area contributed by atoms with Gasteiger partial charge in [0.15, 0.2) is 5.11 Å². The molecule has 5 heteroatoms. The van der Waals surface area contributed by atoms with Crippen LogP contribution in [-0.2, 0) is 0 Å². The number of aryl methyl sites for hydroxylation is 1. The zero-order valence-corrected chi connectivity index (χ0v) is 16.3. The Hall–Kier alpha value is -2.53. The second-order valence-electron chi connectivity index (χ2n) is 5.92. The molecule has 0 aliphatic carbocycles. The molecule has 0 spiro atoms. The summed E-state index contributed by atoms with van der Waals surface area (Å²) in [6.45, 7) is 11.0. The van der Waals surface area contributed by atoms with Gasteiger partial charge in [0.05, 0.1) is 0 Å². The zero-order chi connectivity index (χ0) is 18.8. The fraction of sp³-hybridized carbons (Fsp3) is 0.286. The van der Waals surface area contributed by atoms with E-state index in [4.69, 9.17) is 17.0 Å². The maximum atomic E-state index is 5.53. The van der Waals surface area contributed by atoms with Crippen LogP contribution in [0.5, 0.6) is 5.75 Å². The van der Waals surface area contributed by atoms with E-state index in [1.54, 1.807) is 6.08 Å². The van der Waals surface area contributed by atoms with Crippen LogP contribution in [0.25, 0.3) is 0 Å². The molecule has 0 unspecified atom stereocenters. The van der Waals surface area contributed by atoms with Crippen LogP contribution in [0.2, 0.25) is 0 Å². The average Bonchev–Trinajstić information content (AvgIpc) is 2.65. The number of anilines is 2. The van der Waals surface area contributed by atoms with Crippen LogP contribution >= 0.6 is 12.2 Å². The molecule has 0 aliphatic rings. The molecule has 138 valence electrons. The summed E-state index contributed by atoms with van der Waals surface area (Å²) in [6.07, 6.45) is 1.72. The molecule has 26 heavy (non-hydrogen) atoms. The first-order chi connectivity index (χ1) is 12.6. The van der Waals surface area contributed by atoms with E-state index in [0.717, 1.165) is 31.1 Å². The predicted molar refractivity (Wildman–Crippen MR) is 115 cm³/mol. The van der Waals surface area contributed by atoms with Gasteiger partial charge in [-0.3, -0.25) is 0 Å². The standard InChI is InChI=1S/C21H27N3OS/c1-4-15-25-20-8-6-7-18(16-20)23-21(26)22-13-14-24(5-2)19-11-9-17(3)10-12-19/h4,6-12,16H,1,5,13-15H2,2-3H3,(H2,22,23,26). The molecular formula is C21H27N3OS. The normalized spacial score (nSPS) is 10.1. The third-order valence-electron chi connectivity index (χ3n) is 3.91. The highest BCUT2D eigenvalue weighted by atomic mass is 32.1. The van der Waals surface area contributed by atoms with Crippen LogP contribution in [0.1, 0.15) is 12.5 Å². The molecule has 0 atom stereocenters. The SMILES string of the molecule is C=CCOc1cccc(NC(=S)NCCN(CC)c2ccc(C)cc2)c1. The largest absolute Gasteiger partial charge is 0.489 e. The summed E-state index contributed by atoms with van der Waals surface area (Å²) in [5.41, 5.74) is 3.40. The monoisotopic (exact) mass is 369 g/mol. The minimum Gasteiger partial charge on any atom is -0.489 e. The fourth-order valence-corrected chi connectivity index (χ4v) is 2.74. The van der Waals surface area contributed by atoms with Crippen molar-refractivity contribution in [3.8, 4) is 5.75 Å². The first-order valence-corrected chi connectivity index (χ1v) is 9.23. The first kappa shape index (κ1) is 19.8. The summed E-state index contributed by atoms with van der Waals surface area (Å²) in [6, 6.07) is 16.3. The lowest BCUT2D eigenvalue weighted by Gasteiger charge is -2.24. The molecule has 2 rings (SSSR count). The highest BCUT2D eigenvalue weighted by Crippen LogP contribution is 2.17. The fourth-order valence-electron chi connectivity index (χ4n) is 2.52. The summed E-state index contributed by atoms with van der Waals surface area (Å²) >= 11 is 5.39. The number of likely N-dealkylation sites (N-methyl/N-ethyl adjacent to an activating group) is 1. The van der Waals surface area contributed by atoms with Gasteiger partial charge in [0.1, 0.15) is 12.4 Å². The maximum Gasteiger partial charge on any atom is 0.170 e. The number of nitrogens with one attached hydrogen (secondary N) is 2. The molecule has 0 saturated carbocycles. The average molecular weight is 370 g/mol. The first-order valence-electron chi connectivity index (χ1n) is 8.82. The van der Waals surface area contributed by atoms with E-state index in [1.165, 1.54) is 11.3 Å². The Morgan fingerprint density at radius 3 is 2.69 bits per heavy atom. The zero-order valence-electron chi connectivity index (χ0n) is 15.5. The van der Waals surface area contributed by atoms with Gasteiger partial charge in [-0.25, -0.2) is 0 Å². The molecule has 0 bridgehead atoms. The minimum atomic E-state index is 0.484. The Kier molecular flexibility index (Phi) is 7.96. The molecule has 0 fully saturated rings. The van der Waals surface area contributed by atoms with Crippen molar-refractivity contribution < 1.29 is 4.74 Å². The van der Waals surface area contributed by atoms with Crippen molar-refractivity contribution in [1.82, 2.24) is 5.32 Å². The maximum absolute atomic E-state index is 5.53. The van der Waals surface area contributed by atoms with Crippen molar-refractivity contribution in [3.05, 3.63) is 66.7 Å². The molecule has 0 heterocycles. The van der Waals surface area contributed by atoms with Gasteiger partial charge < -0.3 is 20.3 Å². The molecular weight excluding hydrogens is 342 g/mol. The van der Waals surface area contributed by atoms with E-state index in [-0.39, 0.29) is 0 Å². The van der Waals surface area contributed by atoms with Crippen molar-refractivity contribution in [2.45, 2.75) is 13.8 Å². The smallest absolute Gasteiger partial charge is 0.170 e. The van der Waals surface area contributed by atoms with Crippen LogP contribution in [0, 0.1) is 6.92 Å². The van der Waals surface area contributed by atoms with E-state index in [1.807, 2.05) is 24.3 Å². The van der Waals surface area contributed by atoms with Crippen molar-refractivity contribution in [1.29, 1.82) is 0 Å². The molecule has 0 amide bonds. The van der Waals surface area contributed by atoms with Crippen molar-refractivity contribution in [3.63, 3.8) is 0 Å². The Balaban J connectivity index is 1.80. The molecule has 0 aromatic heterocycles. The van der Waals surface area contributed by atoms with Gasteiger partial charge >= 0.3 is 0 Å². The van der Waals surface area contributed by atoms with Crippen LogP contribution in [0.15, 0.2) is 61.2 Å². The molecule has 4 nitrogen and oxygen atoms in total. The minimum absolute atomic E-state index is 0.484. The van der Waals surface area contributed by atoms with Gasteiger partial charge in [-0.1, -0.05) is 36.4 Å². The molecule has 2 N–H and O–H groups in total. The lowest BCUT2D eigenvalue weighted by atomic mass is 10.2. The Bertz CT molecular complexity index is 715. The molecule has 0 radical (unpaired) electrons. The topological polar surface area (TPSA) is 36.5 Å². The van der Waals surface area contributed by atoms with Gasteiger partial charge in [-0.15, -0.1) is 0 Å². The summed E-state index contributed by atoms with van der Waals surface area (Å²) in [5.74, 6) is 0.786. The summed E-state index contributed by atoms with van der Waals surface area (Å²) in [4.78, 5) is 2.32. The van der Waals surface area contributed by atoms with E-state index < -0.39 is 0 Å². The van der Waals surface area contributed by atoms with Gasteiger partial charge in [0, 0.05) is 37.1 Å². The molecule has 0 saturated heterocycles. The van der Waals surface area contributed by atoms with Crippen LogP contribution < -0.4 is 20.3 Å². The summed E-state index contributed by atoms with van der Waals surface area (Å²) < 4.78 is 5.53. The van der Waals surface area contributed by atoms with Crippen LogP contribution in [0.4, 0.5) is 11.4 Å². The lowest BCUT2D eigenvalue weighted by molar-refractivity contribution is 0.363. The highest BCUT2D eigenvalue weighted by molar-refractivity contribution is 7.80. The number of ether oxygens (including phenoxy) is 1. The highest BCUT2D eigenvalue weighted by Gasteiger charge is 2.05. The van der Waals surface area contributed by atoms with Gasteiger partial charge in [-0.2, -0.15) is 0 Å². The number of thiocarbonyl (C=S) groups is 1. The predicted octanol–water partition coefficient (Wildman–Crippen LogP) is 4.37. The number of nitrogens with zero attached hydrogens (tertiary/aromatic N) is 1.